The fourth-order valence-corrected chi connectivity index (χ4v) is 4.07. The van der Waals surface area contributed by atoms with Crippen molar-refractivity contribution in [1.82, 2.24) is 9.97 Å². The van der Waals surface area contributed by atoms with E-state index < -0.39 is 0 Å². The van der Waals surface area contributed by atoms with Crippen molar-refractivity contribution >= 4 is 17.6 Å². The number of rotatable bonds is 6. The van der Waals surface area contributed by atoms with Crippen molar-refractivity contribution < 1.29 is 14.3 Å². The van der Waals surface area contributed by atoms with E-state index in [2.05, 4.69) is 15.3 Å². The molecule has 1 amide bonds. The fourth-order valence-electron chi connectivity index (χ4n) is 4.07. The molecule has 1 aliphatic rings. The quantitative estimate of drug-likeness (QED) is 0.640. The van der Waals surface area contributed by atoms with Crippen LogP contribution < -0.4 is 10.1 Å². The molecule has 4 rings (SSSR count). The van der Waals surface area contributed by atoms with Gasteiger partial charge in [-0.3, -0.25) is 14.9 Å². The highest BCUT2D eigenvalue weighted by Gasteiger charge is 2.28. The zero-order valence-electron chi connectivity index (χ0n) is 17.7. The van der Waals surface area contributed by atoms with Gasteiger partial charge in [0.2, 0.25) is 11.9 Å². The summed E-state index contributed by atoms with van der Waals surface area (Å²) in [7, 11) is 1.63. The summed E-state index contributed by atoms with van der Waals surface area (Å²) in [5.74, 6) is 0.647. The maximum absolute atomic E-state index is 12.9. The molecule has 6 heteroatoms. The van der Waals surface area contributed by atoms with E-state index in [1.807, 2.05) is 61.5 Å². The van der Waals surface area contributed by atoms with Crippen LogP contribution in [0.1, 0.15) is 58.8 Å². The zero-order valence-corrected chi connectivity index (χ0v) is 17.7. The predicted molar refractivity (Wildman–Crippen MR) is 119 cm³/mol. The molecule has 0 fully saturated rings. The fraction of sp³-hybridized carbons (Fsp3) is 0.280. The third-order valence-electron chi connectivity index (χ3n) is 5.79. The first-order valence-corrected chi connectivity index (χ1v) is 10.5. The number of anilines is 1. The number of carbonyl (C=O) groups excluding carboxylic acids is 2. The van der Waals surface area contributed by atoms with Crippen molar-refractivity contribution in [2.75, 3.05) is 12.4 Å². The van der Waals surface area contributed by atoms with Crippen LogP contribution in [0.25, 0.3) is 0 Å². The maximum Gasteiger partial charge on any atom is 0.234 e. The van der Waals surface area contributed by atoms with Crippen molar-refractivity contribution in [3.05, 3.63) is 83.2 Å². The van der Waals surface area contributed by atoms with Crippen molar-refractivity contribution in [2.45, 2.75) is 38.0 Å². The van der Waals surface area contributed by atoms with Crippen molar-refractivity contribution in [3.8, 4) is 5.75 Å². The van der Waals surface area contributed by atoms with Gasteiger partial charge < -0.3 is 4.74 Å². The van der Waals surface area contributed by atoms with Gasteiger partial charge in [-0.2, -0.15) is 0 Å². The standard InChI is InChI=1S/C25H25N3O3/c1-3-20(17-7-5-4-6-8-17)24(30)28-25-26-15-21-22(27-25)13-18(14-23(21)29)16-9-11-19(31-2)12-10-16/h4-12,15,18,20H,3,13-14H2,1-2H3,(H,26,27,28,30). The van der Waals surface area contributed by atoms with E-state index in [-0.39, 0.29) is 29.5 Å². The Balaban J connectivity index is 1.53. The summed E-state index contributed by atoms with van der Waals surface area (Å²) in [6, 6.07) is 17.4. The Labute approximate surface area is 181 Å². The number of methoxy groups -OCH3 is 1. The molecular weight excluding hydrogens is 390 g/mol. The molecule has 1 aromatic heterocycles. The van der Waals surface area contributed by atoms with Gasteiger partial charge in [0, 0.05) is 12.6 Å². The number of hydrogen-bond acceptors (Lipinski definition) is 5. The lowest BCUT2D eigenvalue weighted by Gasteiger charge is -2.23. The average molecular weight is 415 g/mol. The summed E-state index contributed by atoms with van der Waals surface area (Å²) in [5.41, 5.74) is 3.24. The molecule has 0 bridgehead atoms. The van der Waals surface area contributed by atoms with Gasteiger partial charge in [-0.25, -0.2) is 9.97 Å². The molecule has 6 nitrogen and oxygen atoms in total. The second kappa shape index (κ2) is 9.08. The zero-order chi connectivity index (χ0) is 21.8. The van der Waals surface area contributed by atoms with Gasteiger partial charge in [-0.1, -0.05) is 49.4 Å². The molecule has 0 aliphatic heterocycles. The Hall–Kier alpha value is -3.54. The lowest BCUT2D eigenvalue weighted by Crippen LogP contribution is -2.24. The topological polar surface area (TPSA) is 81.2 Å². The minimum absolute atomic E-state index is 0.0238. The van der Waals surface area contributed by atoms with E-state index in [0.717, 1.165) is 16.9 Å². The van der Waals surface area contributed by atoms with Gasteiger partial charge in [0.15, 0.2) is 5.78 Å². The van der Waals surface area contributed by atoms with E-state index in [1.165, 1.54) is 6.20 Å². The molecule has 2 aromatic carbocycles. The molecule has 2 atom stereocenters. The van der Waals surface area contributed by atoms with Crippen molar-refractivity contribution in [2.24, 2.45) is 0 Å². The Morgan fingerprint density at radius 1 is 1.13 bits per heavy atom. The van der Waals surface area contributed by atoms with Crippen LogP contribution in [0.4, 0.5) is 5.95 Å². The molecule has 1 aliphatic carbocycles. The van der Waals surface area contributed by atoms with Crippen LogP contribution >= 0.6 is 0 Å². The molecule has 3 aromatic rings. The molecule has 0 spiro atoms. The summed E-state index contributed by atoms with van der Waals surface area (Å²) < 4.78 is 5.22. The van der Waals surface area contributed by atoms with Gasteiger partial charge in [-0.05, 0) is 42.0 Å². The summed E-state index contributed by atoms with van der Waals surface area (Å²) in [4.78, 5) is 34.3. The highest BCUT2D eigenvalue weighted by atomic mass is 16.5. The van der Waals surface area contributed by atoms with Gasteiger partial charge in [-0.15, -0.1) is 0 Å². The van der Waals surface area contributed by atoms with Crippen LogP contribution in [0.3, 0.4) is 0 Å². The van der Waals surface area contributed by atoms with E-state index in [9.17, 15) is 9.59 Å². The first-order valence-electron chi connectivity index (χ1n) is 10.5. The first-order chi connectivity index (χ1) is 15.1. The summed E-state index contributed by atoms with van der Waals surface area (Å²) in [5, 5.41) is 2.84. The van der Waals surface area contributed by atoms with E-state index in [1.54, 1.807) is 7.11 Å². The minimum Gasteiger partial charge on any atom is -0.497 e. The SMILES string of the molecule is CCC(C(=O)Nc1ncc2c(n1)CC(c1ccc(OC)cc1)CC2=O)c1ccccc1. The van der Waals surface area contributed by atoms with Crippen LogP contribution in [0.15, 0.2) is 60.8 Å². The number of ketones is 1. The Morgan fingerprint density at radius 3 is 2.55 bits per heavy atom. The number of nitrogens with zero attached hydrogens (tertiary/aromatic N) is 2. The highest BCUT2D eigenvalue weighted by Crippen LogP contribution is 2.33. The number of benzene rings is 2. The number of hydrogen-bond donors (Lipinski definition) is 1. The Bertz CT molecular complexity index is 1080. The molecule has 0 saturated carbocycles. The lowest BCUT2D eigenvalue weighted by molar-refractivity contribution is -0.117. The molecule has 1 heterocycles. The van der Waals surface area contributed by atoms with Crippen LogP contribution in [0, 0.1) is 0 Å². The Kier molecular flexibility index (Phi) is 6.07. The largest absolute Gasteiger partial charge is 0.497 e. The monoisotopic (exact) mass is 415 g/mol. The third-order valence-corrected chi connectivity index (χ3v) is 5.79. The predicted octanol–water partition coefficient (Wildman–Crippen LogP) is 4.53. The van der Waals surface area contributed by atoms with Crippen LogP contribution in [-0.2, 0) is 11.2 Å². The second-order valence-corrected chi connectivity index (χ2v) is 7.72. The van der Waals surface area contributed by atoms with Crippen molar-refractivity contribution in [1.29, 1.82) is 0 Å². The van der Waals surface area contributed by atoms with Crippen molar-refractivity contribution in [3.63, 3.8) is 0 Å². The number of aromatic nitrogens is 2. The molecule has 0 saturated heterocycles. The summed E-state index contributed by atoms with van der Waals surface area (Å²) >= 11 is 0. The van der Waals surface area contributed by atoms with Gasteiger partial charge in [0.25, 0.3) is 0 Å². The van der Waals surface area contributed by atoms with Crippen LogP contribution in [0.5, 0.6) is 5.75 Å². The van der Waals surface area contributed by atoms with Gasteiger partial charge in [0.1, 0.15) is 5.75 Å². The molecule has 1 N–H and O–H groups in total. The number of carbonyl (C=O) groups is 2. The van der Waals surface area contributed by atoms with E-state index in [4.69, 9.17) is 4.74 Å². The minimum atomic E-state index is -0.283. The second-order valence-electron chi connectivity index (χ2n) is 7.72. The normalized spacial score (nSPS) is 16.3. The number of Topliss-reactive ketones (excluding diaryl/α,β-unsaturated/α-hetero) is 1. The van der Waals surface area contributed by atoms with Crippen LogP contribution in [-0.4, -0.2) is 28.8 Å². The molecule has 2 unspecified atom stereocenters. The van der Waals surface area contributed by atoms with Crippen LogP contribution in [0.2, 0.25) is 0 Å². The Morgan fingerprint density at radius 2 is 1.87 bits per heavy atom. The number of fused-ring (bicyclic) bond motifs is 1. The van der Waals surface area contributed by atoms with Gasteiger partial charge in [0.05, 0.1) is 24.3 Å². The van der Waals surface area contributed by atoms with E-state index in [0.29, 0.717) is 30.5 Å². The number of ether oxygens (including phenoxy) is 1. The molecular formula is C25H25N3O3. The smallest absolute Gasteiger partial charge is 0.234 e. The third kappa shape index (κ3) is 4.48. The highest BCUT2D eigenvalue weighted by molar-refractivity contribution is 5.99. The lowest BCUT2D eigenvalue weighted by atomic mass is 9.82. The number of nitrogens with one attached hydrogen (secondary N) is 1. The maximum atomic E-state index is 12.9. The number of amides is 1. The molecule has 0 radical (unpaired) electrons. The van der Waals surface area contributed by atoms with E-state index >= 15 is 0 Å². The average Bonchev–Trinajstić information content (AvgIpc) is 2.80. The summed E-state index contributed by atoms with van der Waals surface area (Å²) in [6.07, 6.45) is 3.24. The molecule has 158 valence electrons. The molecule has 31 heavy (non-hydrogen) atoms. The summed E-state index contributed by atoms with van der Waals surface area (Å²) in [6.45, 7) is 1.98. The first kappa shape index (κ1) is 20.7. The van der Waals surface area contributed by atoms with Gasteiger partial charge >= 0.3 is 0 Å².